The van der Waals surface area contributed by atoms with E-state index in [1.165, 1.54) is 0 Å². The molecule has 0 rings (SSSR count). The molecule has 0 aromatic carbocycles. The zero-order valence-corrected chi connectivity index (χ0v) is 9.92. The third kappa shape index (κ3) is 5.15. The number of nitrogens with two attached hydrogens (primary N) is 1. The van der Waals surface area contributed by atoms with Crippen LogP contribution in [0.5, 0.6) is 0 Å². The van der Waals surface area contributed by atoms with Gasteiger partial charge in [-0.25, -0.2) is 0 Å². The van der Waals surface area contributed by atoms with Gasteiger partial charge in [0.2, 0.25) is 0 Å². The van der Waals surface area contributed by atoms with Gasteiger partial charge >= 0.3 is 11.8 Å². The summed E-state index contributed by atoms with van der Waals surface area (Å²) in [4.78, 5) is 26.0. The number of nitrogens with one attached hydrogen (secondary N) is 1. The van der Waals surface area contributed by atoms with E-state index in [4.69, 9.17) is 5.73 Å². The molecule has 0 saturated carbocycles. The lowest BCUT2D eigenvalue weighted by Gasteiger charge is -2.16. The van der Waals surface area contributed by atoms with E-state index in [0.717, 1.165) is 0 Å². The Kier molecular flexibility index (Phi) is 4.45. The Morgan fingerprint density at radius 1 is 1.27 bits per heavy atom. The van der Waals surface area contributed by atoms with Crippen LogP contribution in [0.2, 0.25) is 0 Å². The third-order valence-corrected chi connectivity index (χ3v) is 1.60. The lowest BCUT2D eigenvalue weighted by molar-refractivity contribution is -0.137. The first-order valence-corrected chi connectivity index (χ1v) is 4.84. The molecule has 0 heterocycles. The molecule has 3 N–H and O–H groups in total. The minimum atomic E-state index is -0.851. The number of hydrogen-bond acceptors (Lipinski definition) is 2. The van der Waals surface area contributed by atoms with Crippen molar-refractivity contribution in [2.24, 2.45) is 16.1 Å². The van der Waals surface area contributed by atoms with Crippen LogP contribution in [0.3, 0.4) is 0 Å². The Hall–Kier alpha value is -1.39. The normalized spacial score (nSPS) is 12.8. The van der Waals surface area contributed by atoms with Gasteiger partial charge in [0.1, 0.15) is 5.84 Å². The van der Waals surface area contributed by atoms with Gasteiger partial charge in [-0.2, -0.15) is 4.99 Å². The molecule has 0 unspecified atom stereocenters. The minimum absolute atomic E-state index is 0.0903. The zero-order chi connectivity index (χ0) is 12.2. The van der Waals surface area contributed by atoms with Crippen molar-refractivity contribution in [2.45, 2.75) is 40.7 Å². The largest absolute Gasteiger partial charge is 0.387 e. The van der Waals surface area contributed by atoms with Crippen molar-refractivity contribution in [3.8, 4) is 0 Å². The molecule has 0 atom stereocenters. The van der Waals surface area contributed by atoms with Gasteiger partial charge in [-0.1, -0.05) is 20.8 Å². The van der Waals surface area contributed by atoms with Crippen molar-refractivity contribution >= 4 is 17.6 Å². The van der Waals surface area contributed by atoms with Crippen molar-refractivity contribution in [2.75, 3.05) is 0 Å². The van der Waals surface area contributed by atoms with Crippen LogP contribution in [0.1, 0.15) is 34.6 Å². The molecule has 0 spiro atoms. The Bertz CT molecular complexity index is 288. The Labute approximate surface area is 90.1 Å². The molecule has 0 fully saturated rings. The van der Waals surface area contributed by atoms with Gasteiger partial charge in [-0.3, -0.25) is 9.59 Å². The highest BCUT2D eigenvalue weighted by molar-refractivity contribution is 6.37. The van der Waals surface area contributed by atoms with Gasteiger partial charge in [0.25, 0.3) is 0 Å². The number of carbonyl (C=O) groups is 2. The van der Waals surface area contributed by atoms with Gasteiger partial charge in [0.05, 0.1) is 0 Å². The highest BCUT2D eigenvalue weighted by Crippen LogP contribution is 2.12. The quantitative estimate of drug-likeness (QED) is 0.376. The van der Waals surface area contributed by atoms with Crippen molar-refractivity contribution in [3.05, 3.63) is 0 Å². The molecule has 5 heteroatoms. The third-order valence-electron chi connectivity index (χ3n) is 1.60. The molecular formula is C10H19N3O2. The lowest BCUT2D eigenvalue weighted by Crippen LogP contribution is -2.37. The summed E-state index contributed by atoms with van der Waals surface area (Å²) in [6.07, 6.45) is 0. The summed E-state index contributed by atoms with van der Waals surface area (Å²) in [7, 11) is 0. The van der Waals surface area contributed by atoms with Crippen LogP contribution in [0.4, 0.5) is 0 Å². The highest BCUT2D eigenvalue weighted by atomic mass is 16.2. The number of carbonyl (C=O) groups excluding carboxylic acids is 2. The molecule has 86 valence electrons. The number of rotatable bonds is 1. The second kappa shape index (κ2) is 4.91. The second-order valence-corrected chi connectivity index (χ2v) is 4.68. The molecule has 2 amide bonds. The summed E-state index contributed by atoms with van der Waals surface area (Å²) in [5, 5.41) is 2.45. The van der Waals surface area contributed by atoms with E-state index in [9.17, 15) is 9.59 Å². The van der Waals surface area contributed by atoms with Crippen LogP contribution in [0, 0.1) is 5.41 Å². The molecule has 5 nitrogen and oxygen atoms in total. The fourth-order valence-electron chi connectivity index (χ4n) is 0.652. The van der Waals surface area contributed by atoms with Gasteiger partial charge in [0, 0.05) is 11.5 Å². The summed E-state index contributed by atoms with van der Waals surface area (Å²) in [5.41, 5.74) is 5.16. The van der Waals surface area contributed by atoms with Gasteiger partial charge in [-0.05, 0) is 13.8 Å². The fraction of sp³-hybridized carbons (Fsp3) is 0.700. The molecule has 15 heavy (non-hydrogen) atoms. The molecule has 0 radical (unpaired) electrons. The maximum atomic E-state index is 11.3. The van der Waals surface area contributed by atoms with E-state index in [-0.39, 0.29) is 11.9 Å². The van der Waals surface area contributed by atoms with Crippen LogP contribution in [-0.4, -0.2) is 23.7 Å². The molecular weight excluding hydrogens is 194 g/mol. The van der Waals surface area contributed by atoms with Crippen LogP contribution in [0.25, 0.3) is 0 Å². The topological polar surface area (TPSA) is 84.5 Å². The first kappa shape index (κ1) is 13.6. The smallest absolute Gasteiger partial charge is 0.336 e. The van der Waals surface area contributed by atoms with Gasteiger partial charge < -0.3 is 11.1 Å². The van der Waals surface area contributed by atoms with Gasteiger partial charge in [0.15, 0.2) is 0 Å². The fourth-order valence-corrected chi connectivity index (χ4v) is 0.652. The van der Waals surface area contributed by atoms with Crippen LogP contribution < -0.4 is 11.1 Å². The molecule has 0 aromatic heterocycles. The molecule has 0 bridgehead atoms. The minimum Gasteiger partial charge on any atom is -0.387 e. The Morgan fingerprint density at radius 3 is 2.07 bits per heavy atom. The predicted octanol–water partition coefficient (Wildman–Crippen LogP) is 0.441. The average molecular weight is 213 g/mol. The van der Waals surface area contributed by atoms with E-state index < -0.39 is 17.2 Å². The van der Waals surface area contributed by atoms with E-state index in [2.05, 4.69) is 10.3 Å². The maximum absolute atomic E-state index is 11.3. The average Bonchev–Trinajstić information content (AvgIpc) is 2.00. The standard InChI is InChI=1S/C10H19N3O2/c1-6(2)12-7(14)8(15)13-9(11)10(3,4)5/h6H,1-5H3,(H,12,14)(H2,11,13,15). The Morgan fingerprint density at radius 2 is 1.73 bits per heavy atom. The van der Waals surface area contributed by atoms with Crippen LogP contribution in [0.15, 0.2) is 4.99 Å². The summed E-state index contributed by atoms with van der Waals surface area (Å²) < 4.78 is 0. The van der Waals surface area contributed by atoms with E-state index in [1.54, 1.807) is 13.8 Å². The summed E-state index contributed by atoms with van der Waals surface area (Å²) in [6.45, 7) is 8.99. The van der Waals surface area contributed by atoms with E-state index in [1.807, 2.05) is 20.8 Å². The van der Waals surface area contributed by atoms with Crippen LogP contribution >= 0.6 is 0 Å². The van der Waals surface area contributed by atoms with E-state index >= 15 is 0 Å². The maximum Gasteiger partial charge on any atom is 0.336 e. The number of amides is 2. The predicted molar refractivity (Wildman–Crippen MR) is 59.4 cm³/mol. The van der Waals surface area contributed by atoms with Crippen molar-refractivity contribution in [1.29, 1.82) is 0 Å². The SMILES string of the molecule is CC(C)NC(=O)C(=O)N=C(N)C(C)(C)C. The molecule has 0 aliphatic heterocycles. The monoisotopic (exact) mass is 213 g/mol. The zero-order valence-electron chi connectivity index (χ0n) is 9.92. The van der Waals surface area contributed by atoms with Crippen molar-refractivity contribution < 1.29 is 9.59 Å². The first-order chi connectivity index (χ1) is 6.64. The van der Waals surface area contributed by atoms with E-state index in [0.29, 0.717) is 0 Å². The molecule has 0 aliphatic carbocycles. The first-order valence-electron chi connectivity index (χ1n) is 4.84. The second-order valence-electron chi connectivity index (χ2n) is 4.68. The summed E-state index contributed by atoms with van der Waals surface area (Å²) in [5.74, 6) is -1.42. The molecule has 0 aliphatic rings. The van der Waals surface area contributed by atoms with Crippen molar-refractivity contribution in [1.82, 2.24) is 5.32 Å². The highest BCUT2D eigenvalue weighted by Gasteiger charge is 2.20. The lowest BCUT2D eigenvalue weighted by atomic mass is 9.95. The summed E-state index contributed by atoms with van der Waals surface area (Å²) >= 11 is 0. The Balaban J connectivity index is 4.56. The number of aliphatic imine (C=N–C) groups is 1. The number of amidine groups is 1. The number of nitrogens with zero attached hydrogens (tertiary/aromatic N) is 1. The van der Waals surface area contributed by atoms with Crippen LogP contribution in [-0.2, 0) is 9.59 Å². The number of hydrogen-bond donors (Lipinski definition) is 2. The molecule has 0 saturated heterocycles. The van der Waals surface area contributed by atoms with Gasteiger partial charge in [-0.15, -0.1) is 0 Å². The summed E-state index contributed by atoms with van der Waals surface area (Å²) in [6, 6.07) is -0.0903. The van der Waals surface area contributed by atoms with Crippen molar-refractivity contribution in [3.63, 3.8) is 0 Å². The molecule has 0 aromatic rings.